The Morgan fingerprint density at radius 2 is 2.05 bits per heavy atom. The summed E-state index contributed by atoms with van der Waals surface area (Å²) in [5.74, 6) is -1.11. The fraction of sp³-hybridized carbons (Fsp3) is 0.333. The Morgan fingerprint density at radius 1 is 1.33 bits per heavy atom. The second-order valence-electron chi connectivity index (χ2n) is 4.19. The average molecular weight is 330 g/mol. The minimum absolute atomic E-state index is 0.0841. The van der Waals surface area contributed by atoms with Crippen LogP contribution in [0.25, 0.3) is 0 Å². The van der Waals surface area contributed by atoms with Crippen molar-refractivity contribution in [3.8, 4) is 0 Å². The molecule has 0 aliphatic heterocycles. The molecule has 0 radical (unpaired) electrons. The number of aryl methyl sites for hydroxylation is 1. The van der Waals surface area contributed by atoms with Crippen LogP contribution in [0.3, 0.4) is 0 Å². The van der Waals surface area contributed by atoms with Crippen LogP contribution in [0.5, 0.6) is 0 Å². The molecule has 0 aliphatic carbocycles. The molecule has 0 atom stereocenters. The molecule has 21 heavy (non-hydrogen) atoms. The van der Waals surface area contributed by atoms with E-state index in [4.69, 9.17) is 16.3 Å². The number of nitrogens with one attached hydrogen (secondary N) is 1. The van der Waals surface area contributed by atoms with Crippen molar-refractivity contribution >= 4 is 35.1 Å². The van der Waals surface area contributed by atoms with E-state index < -0.39 is 11.9 Å². The van der Waals surface area contributed by atoms with Crippen molar-refractivity contribution in [1.82, 2.24) is 14.6 Å². The van der Waals surface area contributed by atoms with Gasteiger partial charge in [0.25, 0.3) is 0 Å². The van der Waals surface area contributed by atoms with Crippen LogP contribution in [0.4, 0.5) is 0 Å². The van der Waals surface area contributed by atoms with Crippen LogP contribution >= 0.6 is 23.1 Å². The molecule has 112 valence electrons. The zero-order valence-corrected chi connectivity index (χ0v) is 13.1. The van der Waals surface area contributed by atoms with Gasteiger partial charge in [0.05, 0.1) is 12.7 Å². The first kappa shape index (κ1) is 15.5. The topological polar surface area (TPSA) is 94.2 Å². The highest BCUT2D eigenvalue weighted by Gasteiger charge is 2.23. The van der Waals surface area contributed by atoms with Crippen molar-refractivity contribution in [2.24, 2.45) is 0 Å². The van der Waals surface area contributed by atoms with Crippen LogP contribution < -0.4 is 0 Å². The molecule has 1 N–H and O–H groups in total. The van der Waals surface area contributed by atoms with Crippen LogP contribution in [-0.2, 0) is 16.1 Å². The molecule has 2 heterocycles. The molecule has 0 saturated carbocycles. The molecule has 0 spiro atoms. The molecule has 2 rings (SSSR count). The third-order valence-electron chi connectivity index (χ3n) is 2.88. The third kappa shape index (κ3) is 3.06. The largest absolute Gasteiger partial charge is 0.465 e. The lowest BCUT2D eigenvalue weighted by atomic mass is 10.1. The Morgan fingerprint density at radius 3 is 2.62 bits per heavy atom. The zero-order chi connectivity index (χ0) is 15.6. The van der Waals surface area contributed by atoms with E-state index in [-0.39, 0.29) is 12.3 Å². The minimum atomic E-state index is -0.602. The van der Waals surface area contributed by atoms with Gasteiger partial charge in [-0.1, -0.05) is 16.1 Å². The highest BCUT2D eigenvalue weighted by atomic mass is 35.5. The van der Waals surface area contributed by atoms with Gasteiger partial charge in [-0.2, -0.15) is 0 Å². The maximum atomic E-state index is 12.1. The number of ether oxygens (including phenoxy) is 2. The summed E-state index contributed by atoms with van der Waals surface area (Å²) >= 11 is 6.84. The number of nitrogens with zero attached hydrogens (tertiary/aromatic N) is 2. The quantitative estimate of drug-likeness (QED) is 0.865. The molecular formula is C12H12ClN3O4S. The summed E-state index contributed by atoms with van der Waals surface area (Å²) in [5, 5.41) is 3.74. The van der Waals surface area contributed by atoms with E-state index >= 15 is 0 Å². The second kappa shape index (κ2) is 6.23. The normalized spacial score (nSPS) is 10.5. The molecule has 0 amide bonds. The molecule has 0 aliphatic rings. The number of carbonyl (C=O) groups is 2. The molecule has 0 bridgehead atoms. The first-order valence-corrected chi connectivity index (χ1v) is 7.02. The third-order valence-corrected chi connectivity index (χ3v) is 3.86. The van der Waals surface area contributed by atoms with Gasteiger partial charge in [-0.25, -0.2) is 9.59 Å². The summed E-state index contributed by atoms with van der Waals surface area (Å²) < 4.78 is 13.8. The summed E-state index contributed by atoms with van der Waals surface area (Å²) in [5.41, 5.74) is 1.95. The standard InChI is InChI=1S/C12H12ClN3O4S/c1-5-8(11(17)19-3)6(2)14-9(5)12(18)20-4-7-10(13)21-16-15-7/h14H,4H2,1-3H3. The van der Waals surface area contributed by atoms with Crippen molar-refractivity contribution in [3.05, 3.63) is 32.5 Å². The minimum Gasteiger partial charge on any atom is -0.465 e. The fourth-order valence-electron chi connectivity index (χ4n) is 1.85. The summed E-state index contributed by atoms with van der Waals surface area (Å²) in [6.07, 6.45) is 0. The number of rotatable bonds is 4. The molecule has 2 aromatic rings. The molecule has 0 aromatic carbocycles. The van der Waals surface area contributed by atoms with Crippen LogP contribution in [0, 0.1) is 13.8 Å². The number of hydrogen-bond acceptors (Lipinski definition) is 7. The van der Waals surface area contributed by atoms with E-state index in [9.17, 15) is 9.59 Å². The van der Waals surface area contributed by atoms with E-state index in [1.165, 1.54) is 7.11 Å². The van der Waals surface area contributed by atoms with Crippen LogP contribution in [0.2, 0.25) is 4.34 Å². The fourth-order valence-corrected chi connectivity index (χ4v) is 2.45. The smallest absolute Gasteiger partial charge is 0.355 e. The summed E-state index contributed by atoms with van der Waals surface area (Å²) in [6, 6.07) is 0. The van der Waals surface area contributed by atoms with Gasteiger partial charge in [-0.05, 0) is 19.4 Å². The maximum absolute atomic E-state index is 12.1. The first-order valence-electron chi connectivity index (χ1n) is 5.87. The van der Waals surface area contributed by atoms with E-state index in [1.54, 1.807) is 13.8 Å². The summed E-state index contributed by atoms with van der Waals surface area (Å²) in [4.78, 5) is 26.5. The molecule has 7 nitrogen and oxygen atoms in total. The van der Waals surface area contributed by atoms with Crippen LogP contribution in [0.15, 0.2) is 0 Å². The van der Waals surface area contributed by atoms with Gasteiger partial charge < -0.3 is 14.5 Å². The number of halogens is 1. The molecular weight excluding hydrogens is 318 g/mol. The summed E-state index contributed by atoms with van der Waals surface area (Å²) in [6.45, 7) is 3.24. The Labute approximate surface area is 129 Å². The zero-order valence-electron chi connectivity index (χ0n) is 11.5. The SMILES string of the molecule is COC(=O)c1c(C)[nH]c(C(=O)OCc2nnsc2Cl)c1C. The Bertz CT molecular complexity index is 695. The van der Waals surface area contributed by atoms with Gasteiger partial charge in [0.15, 0.2) is 0 Å². The van der Waals surface area contributed by atoms with Crippen molar-refractivity contribution in [2.75, 3.05) is 7.11 Å². The number of aromatic nitrogens is 3. The number of H-pyrrole nitrogens is 1. The lowest BCUT2D eigenvalue weighted by molar-refractivity contribution is 0.0460. The molecule has 9 heteroatoms. The van der Waals surface area contributed by atoms with Gasteiger partial charge in [0.2, 0.25) is 0 Å². The molecule has 0 unspecified atom stereocenters. The van der Waals surface area contributed by atoms with Gasteiger partial charge in [0, 0.05) is 17.2 Å². The van der Waals surface area contributed by atoms with Gasteiger partial charge in [-0.3, -0.25) is 0 Å². The molecule has 0 saturated heterocycles. The van der Waals surface area contributed by atoms with Gasteiger partial charge in [0.1, 0.15) is 22.3 Å². The second-order valence-corrected chi connectivity index (χ2v) is 5.54. The number of esters is 2. The van der Waals surface area contributed by atoms with E-state index in [1.807, 2.05) is 0 Å². The van der Waals surface area contributed by atoms with Crippen molar-refractivity contribution in [1.29, 1.82) is 0 Å². The predicted octanol–water partition coefficient (Wildman–Crippen LogP) is 2.28. The average Bonchev–Trinajstić information content (AvgIpc) is 2.99. The van der Waals surface area contributed by atoms with Gasteiger partial charge in [-0.15, -0.1) is 5.10 Å². The lowest BCUT2D eigenvalue weighted by Crippen LogP contribution is -2.09. The predicted molar refractivity (Wildman–Crippen MR) is 75.6 cm³/mol. The number of hydrogen-bond donors (Lipinski definition) is 1. The van der Waals surface area contributed by atoms with Crippen LogP contribution in [0.1, 0.15) is 37.8 Å². The van der Waals surface area contributed by atoms with Crippen molar-refractivity contribution < 1.29 is 19.1 Å². The lowest BCUT2D eigenvalue weighted by Gasteiger charge is -2.03. The number of methoxy groups -OCH3 is 1. The van der Waals surface area contributed by atoms with Crippen LogP contribution in [-0.4, -0.2) is 33.6 Å². The monoisotopic (exact) mass is 329 g/mol. The van der Waals surface area contributed by atoms with E-state index in [2.05, 4.69) is 19.3 Å². The number of aromatic amines is 1. The Hall–Kier alpha value is -1.93. The molecule has 0 fully saturated rings. The van der Waals surface area contributed by atoms with Crippen molar-refractivity contribution in [2.45, 2.75) is 20.5 Å². The Balaban J connectivity index is 2.17. The van der Waals surface area contributed by atoms with Gasteiger partial charge >= 0.3 is 11.9 Å². The highest BCUT2D eigenvalue weighted by molar-refractivity contribution is 7.10. The van der Waals surface area contributed by atoms with E-state index in [0.717, 1.165) is 11.5 Å². The summed E-state index contributed by atoms with van der Waals surface area (Å²) in [7, 11) is 1.28. The van der Waals surface area contributed by atoms with Crippen molar-refractivity contribution in [3.63, 3.8) is 0 Å². The van der Waals surface area contributed by atoms with E-state index in [0.29, 0.717) is 26.9 Å². The first-order chi connectivity index (χ1) is 9.95. The highest BCUT2D eigenvalue weighted by Crippen LogP contribution is 2.21. The molecule has 2 aromatic heterocycles. The number of carbonyl (C=O) groups excluding carboxylic acids is 2. The maximum Gasteiger partial charge on any atom is 0.355 e. The Kier molecular flexibility index (Phi) is 4.59.